The van der Waals surface area contributed by atoms with Crippen molar-refractivity contribution < 1.29 is 42.1 Å². The van der Waals surface area contributed by atoms with Gasteiger partial charge < -0.3 is 27.9 Å². The molecule has 0 N–H and O–H groups in total. The summed E-state index contributed by atoms with van der Waals surface area (Å²) in [5.41, 5.74) is 0. The number of likely N-dealkylation sites (N-methyl/N-ethyl adjacent to an activating group) is 1. The highest BCUT2D eigenvalue weighted by Gasteiger charge is 2.21. The molecule has 0 spiro atoms. The van der Waals surface area contributed by atoms with Gasteiger partial charge in [-0.25, -0.2) is 0 Å². The number of hydrogen-bond acceptors (Lipinski definition) is 8. The third-order valence-electron chi connectivity index (χ3n) is 8.71. The lowest BCUT2D eigenvalue weighted by Crippen LogP contribution is -2.37. The number of carbonyl (C=O) groups excluding carboxylic acids is 2. The molecule has 56 heavy (non-hydrogen) atoms. The van der Waals surface area contributed by atoms with Crippen LogP contribution in [0.5, 0.6) is 0 Å². The SMILES string of the molecule is CCCCC/C=C\C/C=C\C/C=C\C/C=C\C/C=C\CCC(=O)OC[C@H](COP(=O)([O-])OCC[N+](C)(C)C)OC(=O)CCCCCCC/C=C\CCCCCC. The summed E-state index contributed by atoms with van der Waals surface area (Å²) in [5.74, 6) is -0.948. The predicted molar refractivity (Wildman–Crippen MR) is 231 cm³/mol. The minimum atomic E-state index is -4.64. The van der Waals surface area contributed by atoms with Crippen LogP contribution in [0, 0.1) is 0 Å². The third-order valence-corrected chi connectivity index (χ3v) is 9.68. The van der Waals surface area contributed by atoms with Crippen molar-refractivity contribution in [3.63, 3.8) is 0 Å². The molecule has 2 atom stereocenters. The topological polar surface area (TPSA) is 111 Å². The highest BCUT2D eigenvalue weighted by Crippen LogP contribution is 2.38. The molecule has 0 rings (SSSR count). The van der Waals surface area contributed by atoms with Gasteiger partial charge in [-0.05, 0) is 77.0 Å². The maximum Gasteiger partial charge on any atom is 0.306 e. The Morgan fingerprint density at radius 2 is 1.00 bits per heavy atom. The number of phosphoric acid groups is 1. The molecule has 0 aromatic rings. The second-order valence-corrected chi connectivity index (χ2v) is 16.8. The molecule has 0 aliphatic heterocycles. The van der Waals surface area contributed by atoms with Crippen molar-refractivity contribution in [2.75, 3.05) is 47.5 Å². The Bertz CT molecular complexity index is 1180. The van der Waals surface area contributed by atoms with Crippen molar-refractivity contribution >= 4 is 19.8 Å². The molecular weight excluding hydrogens is 725 g/mol. The molecule has 0 fully saturated rings. The number of rotatable bonds is 38. The molecule has 0 saturated carbocycles. The molecule has 0 aromatic carbocycles. The molecule has 0 bridgehead atoms. The van der Waals surface area contributed by atoms with Crippen LogP contribution in [-0.2, 0) is 32.7 Å². The van der Waals surface area contributed by atoms with E-state index < -0.39 is 32.5 Å². The normalized spacial score (nSPS) is 14.3. The molecule has 0 aliphatic carbocycles. The van der Waals surface area contributed by atoms with E-state index in [0.29, 0.717) is 23.9 Å². The second kappa shape index (κ2) is 38.0. The number of allylic oxidation sites excluding steroid dienone is 12. The summed E-state index contributed by atoms with van der Waals surface area (Å²) < 4.78 is 33.7. The van der Waals surface area contributed by atoms with Crippen molar-refractivity contribution in [1.29, 1.82) is 0 Å². The number of hydrogen-bond donors (Lipinski definition) is 0. The average Bonchev–Trinajstić information content (AvgIpc) is 3.15. The smallest absolute Gasteiger partial charge is 0.306 e. The lowest BCUT2D eigenvalue weighted by Gasteiger charge is -2.28. The maximum absolute atomic E-state index is 12.6. The van der Waals surface area contributed by atoms with E-state index in [9.17, 15) is 19.0 Å². The number of esters is 2. The Morgan fingerprint density at radius 1 is 0.554 bits per heavy atom. The second-order valence-electron chi connectivity index (χ2n) is 15.3. The molecule has 0 aromatic heterocycles. The number of phosphoric ester groups is 1. The van der Waals surface area contributed by atoms with Gasteiger partial charge in [0.25, 0.3) is 7.82 Å². The molecular formula is C46H80NO8P. The van der Waals surface area contributed by atoms with Gasteiger partial charge in [-0.15, -0.1) is 0 Å². The molecule has 9 nitrogen and oxygen atoms in total. The van der Waals surface area contributed by atoms with Crippen LogP contribution in [0.15, 0.2) is 72.9 Å². The Kier molecular flexibility index (Phi) is 36.3. The van der Waals surface area contributed by atoms with E-state index in [-0.39, 0.29) is 26.1 Å². The van der Waals surface area contributed by atoms with Crippen LogP contribution in [-0.4, -0.2) is 70.0 Å². The third kappa shape index (κ3) is 41.1. The first kappa shape index (κ1) is 53.5. The van der Waals surface area contributed by atoms with Crippen molar-refractivity contribution in [3.05, 3.63) is 72.9 Å². The summed E-state index contributed by atoms with van der Waals surface area (Å²) in [6.07, 6.45) is 46.6. The zero-order valence-corrected chi connectivity index (χ0v) is 36.9. The van der Waals surface area contributed by atoms with Gasteiger partial charge in [-0.1, -0.05) is 138 Å². The van der Waals surface area contributed by atoms with E-state index in [1.54, 1.807) is 0 Å². The summed E-state index contributed by atoms with van der Waals surface area (Å²) in [6, 6.07) is 0. The standard InChI is InChI=1S/C46H80NO8P/c1-6-8-10-12-14-16-18-20-21-22-23-24-25-27-28-30-32-34-36-38-45(48)52-42-44(43-54-56(50,51)53-41-40-47(3,4)5)55-46(49)39-37-35-33-31-29-26-19-17-15-13-11-9-7-2/h14,16-17,19-21,23-24,27-28,32,34,44H,6-13,15,18,22,25-26,29-31,33,35-43H2,1-5H3/b16-14-,19-17-,21-20-,24-23-,28-27-,34-32-/t44-/m1/s1. The number of quaternary nitrogens is 1. The fourth-order valence-electron chi connectivity index (χ4n) is 5.28. The summed E-state index contributed by atoms with van der Waals surface area (Å²) in [6.45, 7) is 4.06. The van der Waals surface area contributed by atoms with E-state index in [4.69, 9.17) is 18.5 Å². The Balaban J connectivity index is 4.51. The largest absolute Gasteiger partial charge is 0.756 e. The van der Waals surface area contributed by atoms with Crippen LogP contribution in [0.3, 0.4) is 0 Å². The average molecular weight is 806 g/mol. The fourth-order valence-corrected chi connectivity index (χ4v) is 6.01. The van der Waals surface area contributed by atoms with Gasteiger partial charge in [0.05, 0.1) is 27.7 Å². The summed E-state index contributed by atoms with van der Waals surface area (Å²) in [7, 11) is 1.11. The maximum atomic E-state index is 12.6. The van der Waals surface area contributed by atoms with E-state index >= 15 is 0 Å². The van der Waals surface area contributed by atoms with E-state index in [1.807, 2.05) is 33.3 Å². The zero-order chi connectivity index (χ0) is 41.4. The van der Waals surface area contributed by atoms with Crippen LogP contribution in [0.1, 0.15) is 155 Å². The van der Waals surface area contributed by atoms with Crippen LogP contribution >= 0.6 is 7.82 Å². The van der Waals surface area contributed by atoms with E-state index in [0.717, 1.165) is 64.2 Å². The zero-order valence-electron chi connectivity index (χ0n) is 36.1. The van der Waals surface area contributed by atoms with Crippen molar-refractivity contribution in [2.45, 2.75) is 161 Å². The van der Waals surface area contributed by atoms with Gasteiger partial charge in [0.2, 0.25) is 0 Å². The number of unbranched alkanes of at least 4 members (excludes halogenated alkanes) is 12. The summed E-state index contributed by atoms with van der Waals surface area (Å²) >= 11 is 0. The molecule has 0 heterocycles. The minimum absolute atomic E-state index is 0.0466. The van der Waals surface area contributed by atoms with Gasteiger partial charge >= 0.3 is 11.9 Å². The van der Waals surface area contributed by atoms with Crippen LogP contribution in [0.25, 0.3) is 0 Å². The summed E-state index contributed by atoms with van der Waals surface area (Å²) in [4.78, 5) is 37.4. The quantitative estimate of drug-likeness (QED) is 0.0199. The number of carbonyl (C=O) groups is 2. The lowest BCUT2D eigenvalue weighted by molar-refractivity contribution is -0.870. The first-order valence-corrected chi connectivity index (χ1v) is 23.1. The minimum Gasteiger partial charge on any atom is -0.756 e. The fraction of sp³-hybridized carbons (Fsp3) is 0.696. The summed E-state index contributed by atoms with van der Waals surface area (Å²) in [5, 5.41) is 0. The molecule has 0 aliphatic rings. The van der Waals surface area contributed by atoms with Gasteiger partial charge in [0.15, 0.2) is 6.10 Å². The molecule has 0 amide bonds. The van der Waals surface area contributed by atoms with Crippen molar-refractivity contribution in [1.82, 2.24) is 0 Å². The van der Waals surface area contributed by atoms with Gasteiger partial charge in [-0.2, -0.15) is 0 Å². The van der Waals surface area contributed by atoms with Crippen LogP contribution in [0.2, 0.25) is 0 Å². The highest BCUT2D eigenvalue weighted by atomic mass is 31.2. The highest BCUT2D eigenvalue weighted by molar-refractivity contribution is 7.45. The van der Waals surface area contributed by atoms with Gasteiger partial charge in [0.1, 0.15) is 19.8 Å². The van der Waals surface area contributed by atoms with Gasteiger partial charge in [-0.3, -0.25) is 14.2 Å². The van der Waals surface area contributed by atoms with E-state index in [2.05, 4.69) is 74.6 Å². The number of ether oxygens (including phenoxy) is 2. The molecule has 1 unspecified atom stereocenters. The Morgan fingerprint density at radius 3 is 1.55 bits per heavy atom. The number of nitrogens with zero attached hydrogens (tertiary/aromatic N) is 1. The van der Waals surface area contributed by atoms with Gasteiger partial charge in [0, 0.05) is 12.8 Å². The molecule has 0 saturated heterocycles. The van der Waals surface area contributed by atoms with Crippen molar-refractivity contribution in [3.8, 4) is 0 Å². The van der Waals surface area contributed by atoms with Crippen LogP contribution in [0.4, 0.5) is 0 Å². The van der Waals surface area contributed by atoms with E-state index in [1.165, 1.54) is 51.4 Å². The predicted octanol–water partition coefficient (Wildman–Crippen LogP) is 11.6. The first-order valence-electron chi connectivity index (χ1n) is 21.6. The molecule has 10 heteroatoms. The Labute approximate surface area is 342 Å². The molecule has 322 valence electrons. The molecule has 0 radical (unpaired) electrons. The Hall–Kier alpha value is -2.55. The monoisotopic (exact) mass is 806 g/mol. The first-order chi connectivity index (χ1) is 27.0. The lowest BCUT2D eigenvalue weighted by atomic mass is 10.1. The van der Waals surface area contributed by atoms with Crippen LogP contribution < -0.4 is 4.89 Å². The van der Waals surface area contributed by atoms with Crippen molar-refractivity contribution in [2.24, 2.45) is 0 Å².